The van der Waals surface area contributed by atoms with Gasteiger partial charge in [0.25, 0.3) is 0 Å². The Kier molecular flexibility index (Phi) is 4.68. The van der Waals surface area contributed by atoms with E-state index in [9.17, 15) is 0 Å². The minimum absolute atomic E-state index is 0.358. The molecule has 0 radical (unpaired) electrons. The standard InChI is InChI=1S/C11H16Cl2N2/c1-7(2)4-8(3)15-11-10(13)5-9(12)6-14-11/h5-8H,4H2,1-3H3,(H,14,15). The molecule has 1 unspecified atom stereocenters. The van der Waals surface area contributed by atoms with Gasteiger partial charge in [-0.3, -0.25) is 0 Å². The predicted octanol–water partition coefficient (Wildman–Crippen LogP) is 4.23. The fraction of sp³-hybridized carbons (Fsp3) is 0.545. The summed E-state index contributed by atoms with van der Waals surface area (Å²) in [6, 6.07) is 2.05. The van der Waals surface area contributed by atoms with Gasteiger partial charge in [-0.15, -0.1) is 0 Å². The molecule has 0 aliphatic carbocycles. The number of aromatic nitrogens is 1. The Morgan fingerprint density at radius 2 is 2.00 bits per heavy atom. The van der Waals surface area contributed by atoms with Crippen molar-refractivity contribution in [1.29, 1.82) is 0 Å². The maximum absolute atomic E-state index is 6.00. The molecule has 0 fully saturated rings. The maximum Gasteiger partial charge on any atom is 0.145 e. The van der Waals surface area contributed by atoms with Crippen LogP contribution in [0, 0.1) is 5.92 Å². The lowest BCUT2D eigenvalue weighted by molar-refractivity contribution is 0.539. The molecular formula is C11H16Cl2N2. The number of nitrogens with zero attached hydrogens (tertiary/aromatic N) is 1. The molecule has 0 saturated carbocycles. The molecule has 0 spiro atoms. The van der Waals surface area contributed by atoms with Gasteiger partial charge in [0.1, 0.15) is 5.82 Å². The van der Waals surface area contributed by atoms with Gasteiger partial charge >= 0.3 is 0 Å². The van der Waals surface area contributed by atoms with Crippen LogP contribution in [-0.2, 0) is 0 Å². The molecule has 1 rings (SSSR count). The zero-order valence-corrected chi connectivity index (χ0v) is 10.7. The average molecular weight is 247 g/mol. The summed E-state index contributed by atoms with van der Waals surface area (Å²) < 4.78 is 0. The summed E-state index contributed by atoms with van der Waals surface area (Å²) in [7, 11) is 0. The number of rotatable bonds is 4. The Labute approximate surface area is 101 Å². The normalized spacial score (nSPS) is 12.9. The highest BCUT2D eigenvalue weighted by molar-refractivity contribution is 6.35. The van der Waals surface area contributed by atoms with Crippen molar-refractivity contribution < 1.29 is 0 Å². The minimum Gasteiger partial charge on any atom is -0.366 e. The van der Waals surface area contributed by atoms with E-state index in [-0.39, 0.29) is 0 Å². The van der Waals surface area contributed by atoms with E-state index < -0.39 is 0 Å². The lowest BCUT2D eigenvalue weighted by Crippen LogP contribution is -2.18. The summed E-state index contributed by atoms with van der Waals surface area (Å²) in [5, 5.41) is 4.39. The summed E-state index contributed by atoms with van der Waals surface area (Å²) in [6.07, 6.45) is 2.68. The van der Waals surface area contributed by atoms with E-state index in [1.807, 2.05) is 0 Å². The Bertz CT molecular complexity index is 326. The second-order valence-corrected chi connectivity index (χ2v) is 5.00. The first-order valence-electron chi connectivity index (χ1n) is 5.06. The molecule has 0 amide bonds. The molecule has 2 nitrogen and oxygen atoms in total. The van der Waals surface area contributed by atoms with Gasteiger partial charge in [-0.1, -0.05) is 37.0 Å². The van der Waals surface area contributed by atoms with E-state index >= 15 is 0 Å². The molecule has 1 heterocycles. The average Bonchev–Trinajstić information content (AvgIpc) is 2.08. The lowest BCUT2D eigenvalue weighted by atomic mass is 10.1. The fourth-order valence-electron chi connectivity index (χ4n) is 1.52. The van der Waals surface area contributed by atoms with Crippen molar-refractivity contribution in [3.05, 3.63) is 22.3 Å². The number of anilines is 1. The molecule has 1 N–H and O–H groups in total. The zero-order valence-electron chi connectivity index (χ0n) is 9.22. The summed E-state index contributed by atoms with van der Waals surface area (Å²) in [6.45, 7) is 6.50. The summed E-state index contributed by atoms with van der Waals surface area (Å²) in [5.74, 6) is 1.35. The van der Waals surface area contributed by atoms with Gasteiger partial charge in [0.2, 0.25) is 0 Å². The molecule has 0 aromatic carbocycles. The van der Waals surface area contributed by atoms with Gasteiger partial charge in [-0.25, -0.2) is 4.98 Å². The highest BCUT2D eigenvalue weighted by Gasteiger charge is 2.08. The van der Waals surface area contributed by atoms with Crippen molar-refractivity contribution in [2.24, 2.45) is 5.92 Å². The van der Waals surface area contributed by atoms with Crippen molar-refractivity contribution in [3.8, 4) is 0 Å². The third kappa shape index (κ3) is 4.27. The molecule has 0 aliphatic heterocycles. The number of halogens is 2. The largest absolute Gasteiger partial charge is 0.366 e. The van der Waals surface area contributed by atoms with Gasteiger partial charge in [0, 0.05) is 12.2 Å². The molecule has 84 valence electrons. The predicted molar refractivity (Wildman–Crippen MR) is 66.8 cm³/mol. The topological polar surface area (TPSA) is 24.9 Å². The van der Waals surface area contributed by atoms with E-state index in [0.717, 1.165) is 6.42 Å². The van der Waals surface area contributed by atoms with Crippen LogP contribution in [0.2, 0.25) is 10.0 Å². The van der Waals surface area contributed by atoms with Crippen molar-refractivity contribution in [2.45, 2.75) is 33.2 Å². The number of nitrogens with one attached hydrogen (secondary N) is 1. The minimum atomic E-state index is 0.358. The van der Waals surface area contributed by atoms with Crippen LogP contribution in [0.4, 0.5) is 5.82 Å². The van der Waals surface area contributed by atoms with Crippen molar-refractivity contribution in [1.82, 2.24) is 4.98 Å². The molecule has 1 aromatic heterocycles. The quantitative estimate of drug-likeness (QED) is 0.860. The summed E-state index contributed by atoms with van der Waals surface area (Å²) in [4.78, 5) is 4.15. The van der Waals surface area contributed by atoms with Crippen LogP contribution in [0.5, 0.6) is 0 Å². The van der Waals surface area contributed by atoms with Crippen LogP contribution in [0.15, 0.2) is 12.3 Å². The van der Waals surface area contributed by atoms with E-state index in [1.165, 1.54) is 0 Å². The highest BCUT2D eigenvalue weighted by Crippen LogP contribution is 2.23. The van der Waals surface area contributed by atoms with Crippen molar-refractivity contribution in [2.75, 3.05) is 5.32 Å². The van der Waals surface area contributed by atoms with Crippen LogP contribution in [0.25, 0.3) is 0 Å². The van der Waals surface area contributed by atoms with Gasteiger partial charge in [-0.2, -0.15) is 0 Å². The van der Waals surface area contributed by atoms with Crippen LogP contribution >= 0.6 is 23.2 Å². The van der Waals surface area contributed by atoms with Crippen LogP contribution in [0.3, 0.4) is 0 Å². The second kappa shape index (κ2) is 5.57. The zero-order chi connectivity index (χ0) is 11.4. The van der Waals surface area contributed by atoms with Crippen LogP contribution in [0.1, 0.15) is 27.2 Å². The molecule has 15 heavy (non-hydrogen) atoms. The fourth-order valence-corrected chi connectivity index (χ4v) is 1.95. The van der Waals surface area contributed by atoms with Crippen molar-refractivity contribution >= 4 is 29.0 Å². The van der Waals surface area contributed by atoms with E-state index in [2.05, 4.69) is 31.1 Å². The number of hydrogen-bond acceptors (Lipinski definition) is 2. The molecule has 4 heteroatoms. The second-order valence-electron chi connectivity index (χ2n) is 4.16. The first kappa shape index (κ1) is 12.6. The van der Waals surface area contributed by atoms with E-state index in [4.69, 9.17) is 23.2 Å². The SMILES string of the molecule is CC(C)CC(C)Nc1ncc(Cl)cc1Cl. The van der Waals surface area contributed by atoms with Crippen LogP contribution in [-0.4, -0.2) is 11.0 Å². The Hall–Kier alpha value is -0.470. The molecule has 1 atom stereocenters. The van der Waals surface area contributed by atoms with Gasteiger partial charge in [-0.05, 0) is 25.3 Å². The first-order chi connectivity index (χ1) is 6.99. The van der Waals surface area contributed by atoms with Gasteiger partial charge in [0.15, 0.2) is 0 Å². The third-order valence-electron chi connectivity index (χ3n) is 2.02. The van der Waals surface area contributed by atoms with Gasteiger partial charge < -0.3 is 5.32 Å². The third-order valence-corrected chi connectivity index (χ3v) is 2.51. The lowest BCUT2D eigenvalue weighted by Gasteiger charge is -2.17. The Morgan fingerprint density at radius 1 is 1.33 bits per heavy atom. The van der Waals surface area contributed by atoms with E-state index in [1.54, 1.807) is 12.3 Å². The van der Waals surface area contributed by atoms with Gasteiger partial charge in [0.05, 0.1) is 10.0 Å². The molecule has 0 aliphatic rings. The molecular weight excluding hydrogens is 231 g/mol. The maximum atomic E-state index is 6.00. The monoisotopic (exact) mass is 246 g/mol. The summed E-state index contributed by atoms with van der Waals surface area (Å²) >= 11 is 11.8. The molecule has 0 saturated heterocycles. The molecule has 1 aromatic rings. The van der Waals surface area contributed by atoms with Crippen LogP contribution < -0.4 is 5.32 Å². The Balaban J connectivity index is 2.64. The Morgan fingerprint density at radius 3 is 2.53 bits per heavy atom. The summed E-state index contributed by atoms with van der Waals surface area (Å²) in [5.41, 5.74) is 0. The highest BCUT2D eigenvalue weighted by atomic mass is 35.5. The number of pyridine rings is 1. The smallest absolute Gasteiger partial charge is 0.145 e. The van der Waals surface area contributed by atoms with Crippen molar-refractivity contribution in [3.63, 3.8) is 0 Å². The molecule has 0 bridgehead atoms. The first-order valence-corrected chi connectivity index (χ1v) is 5.82. The number of hydrogen-bond donors (Lipinski definition) is 1. The van der Waals surface area contributed by atoms with E-state index in [0.29, 0.717) is 27.8 Å².